The van der Waals surface area contributed by atoms with Crippen molar-refractivity contribution in [3.63, 3.8) is 0 Å². The minimum atomic E-state index is -0.391. The van der Waals surface area contributed by atoms with Gasteiger partial charge in [0.1, 0.15) is 30.5 Å². The number of ether oxygens (including phenoxy) is 3. The van der Waals surface area contributed by atoms with Gasteiger partial charge in [-0.1, -0.05) is 49.0 Å². The van der Waals surface area contributed by atoms with Crippen LogP contribution < -0.4 is 14.2 Å². The third-order valence-corrected chi connectivity index (χ3v) is 5.32. The maximum atomic E-state index is 12.3. The SMILES string of the molecule is C=C(C)C(=O)Oc1c2c(c(OCCOc3ccccc3)c3ccccc13)CCCC2. The van der Waals surface area contributed by atoms with E-state index in [2.05, 4.69) is 6.58 Å². The van der Waals surface area contributed by atoms with Gasteiger partial charge in [0.25, 0.3) is 0 Å². The van der Waals surface area contributed by atoms with Gasteiger partial charge in [-0.25, -0.2) is 4.79 Å². The van der Waals surface area contributed by atoms with E-state index in [0.717, 1.165) is 59.1 Å². The molecule has 30 heavy (non-hydrogen) atoms. The molecule has 0 N–H and O–H groups in total. The van der Waals surface area contributed by atoms with Gasteiger partial charge in [0.2, 0.25) is 0 Å². The normalized spacial score (nSPS) is 12.8. The molecular weight excluding hydrogens is 376 g/mol. The Morgan fingerprint density at radius 3 is 2.07 bits per heavy atom. The van der Waals surface area contributed by atoms with Crippen LogP contribution in [-0.2, 0) is 17.6 Å². The van der Waals surface area contributed by atoms with Crippen molar-refractivity contribution in [1.29, 1.82) is 0 Å². The first-order chi connectivity index (χ1) is 14.6. The van der Waals surface area contributed by atoms with E-state index in [4.69, 9.17) is 14.2 Å². The highest BCUT2D eigenvalue weighted by atomic mass is 16.5. The summed E-state index contributed by atoms with van der Waals surface area (Å²) < 4.78 is 17.9. The van der Waals surface area contributed by atoms with E-state index < -0.39 is 5.97 Å². The molecule has 0 amide bonds. The van der Waals surface area contributed by atoms with E-state index in [1.807, 2.05) is 54.6 Å². The van der Waals surface area contributed by atoms with Crippen molar-refractivity contribution in [2.75, 3.05) is 13.2 Å². The standard InChI is InChI=1S/C26H26O4/c1-18(2)26(27)30-25-22-14-8-6-12-20(22)24(21-13-7-9-15-23(21)25)29-17-16-28-19-10-4-3-5-11-19/h3-6,8,10-12,14H,1,7,9,13,15-17H2,2H3. The third-order valence-electron chi connectivity index (χ3n) is 5.32. The molecule has 0 fully saturated rings. The van der Waals surface area contributed by atoms with Crippen LogP contribution in [0.4, 0.5) is 0 Å². The molecule has 0 bridgehead atoms. The summed E-state index contributed by atoms with van der Waals surface area (Å²) in [6.45, 7) is 6.29. The molecule has 3 aromatic carbocycles. The lowest BCUT2D eigenvalue weighted by Gasteiger charge is -2.25. The molecule has 3 aromatic rings. The number of esters is 1. The summed E-state index contributed by atoms with van der Waals surface area (Å²) in [7, 11) is 0. The Bertz CT molecular complexity index is 1070. The molecular formula is C26H26O4. The Labute approximate surface area is 177 Å². The highest BCUT2D eigenvalue weighted by molar-refractivity contribution is 5.99. The van der Waals surface area contributed by atoms with Crippen LogP contribution in [0.2, 0.25) is 0 Å². The van der Waals surface area contributed by atoms with E-state index in [1.54, 1.807) is 6.92 Å². The van der Waals surface area contributed by atoms with Gasteiger partial charge in [-0.3, -0.25) is 0 Å². The number of benzene rings is 3. The fourth-order valence-corrected chi connectivity index (χ4v) is 3.89. The first-order valence-electron chi connectivity index (χ1n) is 10.4. The van der Waals surface area contributed by atoms with Crippen molar-refractivity contribution in [1.82, 2.24) is 0 Å². The van der Waals surface area contributed by atoms with Crippen molar-refractivity contribution in [3.8, 4) is 17.2 Å². The van der Waals surface area contributed by atoms with Gasteiger partial charge in [-0.05, 0) is 44.7 Å². The molecule has 154 valence electrons. The topological polar surface area (TPSA) is 44.8 Å². The molecule has 1 aliphatic rings. The maximum Gasteiger partial charge on any atom is 0.338 e. The van der Waals surface area contributed by atoms with Gasteiger partial charge in [-0.15, -0.1) is 0 Å². The Balaban J connectivity index is 1.66. The number of hydrogen-bond donors (Lipinski definition) is 0. The van der Waals surface area contributed by atoms with Gasteiger partial charge < -0.3 is 14.2 Å². The lowest BCUT2D eigenvalue weighted by molar-refractivity contribution is -0.130. The monoisotopic (exact) mass is 402 g/mol. The Hall–Kier alpha value is -3.27. The van der Waals surface area contributed by atoms with E-state index in [0.29, 0.717) is 24.5 Å². The fraction of sp³-hybridized carbons (Fsp3) is 0.269. The fourth-order valence-electron chi connectivity index (χ4n) is 3.89. The highest BCUT2D eigenvalue weighted by Gasteiger charge is 2.25. The molecule has 0 saturated carbocycles. The van der Waals surface area contributed by atoms with Gasteiger partial charge in [0, 0.05) is 27.5 Å². The molecule has 1 aliphatic carbocycles. The summed E-state index contributed by atoms with van der Waals surface area (Å²) in [5.41, 5.74) is 2.61. The van der Waals surface area contributed by atoms with Crippen molar-refractivity contribution in [3.05, 3.63) is 77.9 Å². The Morgan fingerprint density at radius 1 is 0.833 bits per heavy atom. The lowest BCUT2D eigenvalue weighted by Crippen LogP contribution is -2.16. The average molecular weight is 402 g/mol. The number of carbonyl (C=O) groups excluding carboxylic acids is 1. The van der Waals surface area contributed by atoms with Gasteiger partial charge in [-0.2, -0.15) is 0 Å². The van der Waals surface area contributed by atoms with E-state index >= 15 is 0 Å². The second-order valence-corrected chi connectivity index (χ2v) is 7.55. The zero-order chi connectivity index (χ0) is 20.9. The van der Waals surface area contributed by atoms with Crippen molar-refractivity contribution in [2.24, 2.45) is 0 Å². The molecule has 0 saturated heterocycles. The molecule has 0 atom stereocenters. The van der Waals surface area contributed by atoms with Crippen LogP contribution in [0.1, 0.15) is 30.9 Å². The summed E-state index contributed by atoms with van der Waals surface area (Å²) in [6, 6.07) is 17.7. The molecule has 0 heterocycles. The number of hydrogen-bond acceptors (Lipinski definition) is 4. The largest absolute Gasteiger partial charge is 0.490 e. The van der Waals surface area contributed by atoms with Crippen molar-refractivity contribution < 1.29 is 19.0 Å². The quantitative estimate of drug-likeness (QED) is 0.221. The Kier molecular flexibility index (Phi) is 6.03. The smallest absolute Gasteiger partial charge is 0.338 e. The molecule has 4 nitrogen and oxygen atoms in total. The number of rotatable bonds is 7. The van der Waals surface area contributed by atoms with Crippen LogP contribution in [0.3, 0.4) is 0 Å². The minimum Gasteiger partial charge on any atom is -0.490 e. The predicted octanol–water partition coefficient (Wildman–Crippen LogP) is 5.66. The summed E-state index contributed by atoms with van der Waals surface area (Å²) in [5, 5.41) is 1.86. The summed E-state index contributed by atoms with van der Waals surface area (Å²) in [5.74, 6) is 1.97. The second-order valence-electron chi connectivity index (χ2n) is 7.55. The van der Waals surface area contributed by atoms with E-state index in [9.17, 15) is 4.79 Å². The average Bonchev–Trinajstić information content (AvgIpc) is 2.78. The second kappa shape index (κ2) is 9.04. The van der Waals surface area contributed by atoms with Crippen molar-refractivity contribution in [2.45, 2.75) is 32.6 Å². The molecule has 0 unspecified atom stereocenters. The molecule has 0 aliphatic heterocycles. The maximum absolute atomic E-state index is 12.3. The van der Waals surface area contributed by atoms with Crippen LogP contribution in [0.5, 0.6) is 17.2 Å². The summed E-state index contributed by atoms with van der Waals surface area (Å²) in [4.78, 5) is 12.3. The summed E-state index contributed by atoms with van der Waals surface area (Å²) >= 11 is 0. The van der Waals surface area contributed by atoms with E-state index in [-0.39, 0.29) is 0 Å². The highest BCUT2D eigenvalue weighted by Crippen LogP contribution is 2.44. The molecule has 0 aromatic heterocycles. The number of fused-ring (bicyclic) bond motifs is 2. The molecule has 4 rings (SSSR count). The van der Waals surface area contributed by atoms with E-state index in [1.165, 1.54) is 0 Å². The van der Waals surface area contributed by atoms with Gasteiger partial charge in [0.05, 0.1) is 0 Å². The van der Waals surface area contributed by atoms with Crippen molar-refractivity contribution >= 4 is 16.7 Å². The van der Waals surface area contributed by atoms with Crippen LogP contribution in [-0.4, -0.2) is 19.2 Å². The molecule has 0 spiro atoms. The zero-order valence-corrected chi connectivity index (χ0v) is 17.3. The van der Waals surface area contributed by atoms with Crippen LogP contribution in [0, 0.1) is 0 Å². The Morgan fingerprint density at radius 2 is 1.40 bits per heavy atom. The minimum absolute atomic E-state index is 0.391. The van der Waals surface area contributed by atoms with Gasteiger partial charge >= 0.3 is 5.97 Å². The molecule has 0 radical (unpaired) electrons. The van der Waals surface area contributed by atoms with Crippen LogP contribution >= 0.6 is 0 Å². The zero-order valence-electron chi connectivity index (χ0n) is 17.3. The lowest BCUT2D eigenvalue weighted by atomic mass is 9.87. The van der Waals surface area contributed by atoms with Crippen LogP contribution in [0.15, 0.2) is 66.7 Å². The first-order valence-corrected chi connectivity index (χ1v) is 10.4. The predicted molar refractivity (Wildman–Crippen MR) is 118 cm³/mol. The van der Waals surface area contributed by atoms with Gasteiger partial charge in [0.15, 0.2) is 0 Å². The first kappa shape index (κ1) is 20.0. The third kappa shape index (κ3) is 4.18. The number of para-hydroxylation sites is 1. The molecule has 4 heteroatoms. The van der Waals surface area contributed by atoms with Crippen LogP contribution in [0.25, 0.3) is 10.8 Å². The summed E-state index contributed by atoms with van der Waals surface area (Å²) in [6.07, 6.45) is 3.94. The number of carbonyl (C=O) groups is 1.